The van der Waals surface area contributed by atoms with Gasteiger partial charge in [-0.3, -0.25) is 9.69 Å². The van der Waals surface area contributed by atoms with Gasteiger partial charge in [0.25, 0.3) is 5.95 Å². The zero-order valence-electron chi connectivity index (χ0n) is 20.2. The summed E-state index contributed by atoms with van der Waals surface area (Å²) in [6, 6.07) is 26.4. The lowest BCUT2D eigenvalue weighted by Gasteiger charge is -2.38. The molecular weight excluding hydrogens is 469 g/mol. The Kier molecular flexibility index (Phi) is 6.10. The van der Waals surface area contributed by atoms with E-state index in [2.05, 4.69) is 38.6 Å². The van der Waals surface area contributed by atoms with Crippen molar-refractivity contribution in [3.8, 4) is 0 Å². The summed E-state index contributed by atoms with van der Waals surface area (Å²) in [5.41, 5.74) is 3.92. The van der Waals surface area contributed by atoms with E-state index in [0.29, 0.717) is 32.1 Å². The largest absolute Gasteiger partial charge is 0.368 e. The van der Waals surface area contributed by atoms with Crippen LogP contribution in [0, 0.1) is 5.82 Å². The SMILES string of the molecule is O=C(CN1C(c2ccccc2)=CC(c2ccccc2)n2nnnc21)N1CCN(c2ccc(F)cc2)CC1. The first-order chi connectivity index (χ1) is 18.2. The first-order valence-corrected chi connectivity index (χ1v) is 12.3. The van der Waals surface area contributed by atoms with Gasteiger partial charge in [-0.1, -0.05) is 65.8 Å². The van der Waals surface area contributed by atoms with Crippen molar-refractivity contribution < 1.29 is 9.18 Å². The van der Waals surface area contributed by atoms with Crippen LogP contribution in [-0.2, 0) is 4.79 Å². The molecule has 2 aliphatic heterocycles. The molecule has 1 fully saturated rings. The molecule has 1 amide bonds. The second kappa shape index (κ2) is 9.85. The highest BCUT2D eigenvalue weighted by atomic mass is 19.1. The predicted octanol–water partition coefficient (Wildman–Crippen LogP) is 3.61. The summed E-state index contributed by atoms with van der Waals surface area (Å²) in [7, 11) is 0. The van der Waals surface area contributed by atoms with Crippen molar-refractivity contribution in [1.29, 1.82) is 0 Å². The number of hydrogen-bond acceptors (Lipinski definition) is 6. The Labute approximate surface area is 214 Å². The highest BCUT2D eigenvalue weighted by Gasteiger charge is 2.33. The maximum Gasteiger partial charge on any atom is 0.251 e. The Hall–Kier alpha value is -4.53. The molecule has 8 nitrogen and oxygen atoms in total. The van der Waals surface area contributed by atoms with Crippen LogP contribution in [-0.4, -0.2) is 63.7 Å². The van der Waals surface area contributed by atoms with Crippen LogP contribution in [0.4, 0.5) is 16.0 Å². The second-order valence-electron chi connectivity index (χ2n) is 9.13. The molecule has 0 spiro atoms. The van der Waals surface area contributed by atoms with Gasteiger partial charge in [0.1, 0.15) is 18.4 Å². The van der Waals surface area contributed by atoms with E-state index in [1.165, 1.54) is 12.1 Å². The third-order valence-electron chi connectivity index (χ3n) is 6.92. The number of piperazine rings is 1. The van der Waals surface area contributed by atoms with Crippen LogP contribution in [0.2, 0.25) is 0 Å². The van der Waals surface area contributed by atoms with E-state index in [1.807, 2.05) is 58.3 Å². The van der Waals surface area contributed by atoms with Gasteiger partial charge >= 0.3 is 0 Å². The van der Waals surface area contributed by atoms with Crippen molar-refractivity contribution in [1.82, 2.24) is 25.1 Å². The topological polar surface area (TPSA) is 70.4 Å². The molecule has 3 aromatic carbocycles. The number of fused-ring (bicyclic) bond motifs is 1. The van der Waals surface area contributed by atoms with Crippen molar-refractivity contribution in [2.75, 3.05) is 42.5 Å². The van der Waals surface area contributed by atoms with E-state index in [4.69, 9.17) is 0 Å². The molecule has 2 aliphatic rings. The van der Waals surface area contributed by atoms with Gasteiger partial charge in [-0.15, -0.1) is 0 Å². The van der Waals surface area contributed by atoms with E-state index in [1.54, 1.807) is 16.8 Å². The van der Waals surface area contributed by atoms with Crippen molar-refractivity contribution in [3.05, 3.63) is 108 Å². The van der Waals surface area contributed by atoms with E-state index >= 15 is 0 Å². The Morgan fingerprint density at radius 1 is 0.865 bits per heavy atom. The van der Waals surface area contributed by atoms with Gasteiger partial charge in [-0.2, -0.15) is 4.68 Å². The average Bonchev–Trinajstić information content (AvgIpc) is 3.45. The van der Waals surface area contributed by atoms with Gasteiger partial charge in [-0.05, 0) is 51.9 Å². The first-order valence-electron chi connectivity index (χ1n) is 12.3. The second-order valence-corrected chi connectivity index (χ2v) is 9.13. The number of carbonyl (C=O) groups is 1. The molecule has 9 heteroatoms. The van der Waals surface area contributed by atoms with Crippen LogP contribution in [0.1, 0.15) is 17.2 Å². The van der Waals surface area contributed by atoms with Crippen molar-refractivity contribution >= 4 is 23.2 Å². The molecule has 0 N–H and O–H groups in total. The summed E-state index contributed by atoms with van der Waals surface area (Å²) in [5, 5.41) is 12.6. The number of rotatable bonds is 5. The van der Waals surface area contributed by atoms with Gasteiger partial charge in [0.2, 0.25) is 5.91 Å². The van der Waals surface area contributed by atoms with Crippen LogP contribution in [0.3, 0.4) is 0 Å². The monoisotopic (exact) mass is 495 g/mol. The Morgan fingerprint density at radius 2 is 1.54 bits per heavy atom. The lowest BCUT2D eigenvalue weighted by Crippen LogP contribution is -2.51. The summed E-state index contributed by atoms with van der Waals surface area (Å²) >= 11 is 0. The fraction of sp³-hybridized carbons (Fsp3) is 0.214. The lowest BCUT2D eigenvalue weighted by atomic mass is 10.0. The van der Waals surface area contributed by atoms with Crippen LogP contribution < -0.4 is 9.80 Å². The predicted molar refractivity (Wildman–Crippen MR) is 139 cm³/mol. The third kappa shape index (κ3) is 4.55. The van der Waals surface area contributed by atoms with Crippen molar-refractivity contribution in [2.24, 2.45) is 0 Å². The normalized spacial score (nSPS) is 17.4. The van der Waals surface area contributed by atoms with E-state index < -0.39 is 0 Å². The number of benzene rings is 3. The molecule has 0 aliphatic carbocycles. The first kappa shape index (κ1) is 22.9. The number of allylic oxidation sites excluding steroid dienone is 1. The number of hydrogen-bond donors (Lipinski definition) is 0. The summed E-state index contributed by atoms with van der Waals surface area (Å²) in [6.45, 7) is 2.68. The summed E-state index contributed by atoms with van der Waals surface area (Å²) in [6.07, 6.45) is 2.12. The number of aromatic nitrogens is 4. The maximum absolute atomic E-state index is 13.5. The number of anilines is 2. The molecule has 0 saturated carbocycles. The van der Waals surface area contributed by atoms with Crippen LogP contribution in [0.5, 0.6) is 0 Å². The molecule has 0 bridgehead atoms. The Balaban J connectivity index is 1.25. The van der Waals surface area contributed by atoms with Crippen LogP contribution >= 0.6 is 0 Å². The molecule has 3 heterocycles. The fourth-order valence-electron chi connectivity index (χ4n) is 4.97. The molecule has 1 unspecified atom stereocenters. The van der Waals surface area contributed by atoms with Gasteiger partial charge in [0.15, 0.2) is 0 Å². The molecule has 1 aromatic heterocycles. The standard InChI is InChI=1S/C28H26FN7O/c29-23-11-13-24(14-12-23)33-15-17-34(18-16-33)27(37)20-35-25(21-7-3-1-4-8-21)19-26(22-9-5-2-6-10-22)36-28(35)30-31-32-36/h1-14,19,26H,15-18,20H2. The smallest absolute Gasteiger partial charge is 0.251 e. The van der Waals surface area contributed by atoms with E-state index in [0.717, 1.165) is 22.5 Å². The van der Waals surface area contributed by atoms with E-state index in [9.17, 15) is 9.18 Å². The number of halogens is 1. The number of nitrogens with zero attached hydrogens (tertiary/aromatic N) is 7. The maximum atomic E-state index is 13.5. The number of carbonyl (C=O) groups excluding carboxylic acids is 1. The average molecular weight is 496 g/mol. The van der Waals surface area contributed by atoms with Gasteiger partial charge < -0.3 is 9.80 Å². The molecule has 1 saturated heterocycles. The molecule has 4 aromatic rings. The summed E-state index contributed by atoms with van der Waals surface area (Å²) < 4.78 is 15.1. The minimum atomic E-state index is -0.252. The van der Waals surface area contributed by atoms with Gasteiger partial charge in [-0.25, -0.2) is 4.39 Å². The molecular formula is C28H26FN7O. The minimum Gasteiger partial charge on any atom is -0.368 e. The summed E-state index contributed by atoms with van der Waals surface area (Å²) in [5.74, 6) is 0.292. The molecule has 1 atom stereocenters. The number of tetrazole rings is 1. The minimum absolute atomic E-state index is 0.00768. The molecule has 0 radical (unpaired) electrons. The van der Waals surface area contributed by atoms with Gasteiger partial charge in [0, 0.05) is 31.9 Å². The van der Waals surface area contributed by atoms with E-state index in [-0.39, 0.29) is 24.3 Å². The zero-order chi connectivity index (χ0) is 25.2. The highest BCUT2D eigenvalue weighted by Crippen LogP contribution is 2.36. The molecule has 6 rings (SSSR count). The quantitative estimate of drug-likeness (QED) is 0.421. The van der Waals surface area contributed by atoms with Crippen LogP contribution in [0.15, 0.2) is 91.0 Å². The Morgan fingerprint density at radius 3 is 2.24 bits per heavy atom. The lowest BCUT2D eigenvalue weighted by molar-refractivity contribution is -0.129. The zero-order valence-corrected chi connectivity index (χ0v) is 20.2. The fourth-order valence-corrected chi connectivity index (χ4v) is 4.97. The highest BCUT2D eigenvalue weighted by molar-refractivity contribution is 5.89. The summed E-state index contributed by atoms with van der Waals surface area (Å²) in [4.78, 5) is 19.5. The van der Waals surface area contributed by atoms with Crippen molar-refractivity contribution in [2.45, 2.75) is 6.04 Å². The number of amides is 1. The van der Waals surface area contributed by atoms with Crippen LogP contribution in [0.25, 0.3) is 5.70 Å². The third-order valence-corrected chi connectivity index (χ3v) is 6.92. The van der Waals surface area contributed by atoms with Crippen molar-refractivity contribution in [3.63, 3.8) is 0 Å². The molecule has 186 valence electrons. The Bertz CT molecular complexity index is 1400. The van der Waals surface area contributed by atoms with Gasteiger partial charge in [0.05, 0.1) is 5.70 Å². The molecule has 37 heavy (non-hydrogen) atoms.